The average Bonchev–Trinajstić information content (AvgIpc) is 2.61. The smallest absolute Gasteiger partial charge is 0.227 e. The molecule has 0 radical (unpaired) electrons. The van der Waals surface area contributed by atoms with Crippen molar-refractivity contribution in [2.75, 3.05) is 18.4 Å². The Bertz CT molecular complexity index is 751. The maximum Gasteiger partial charge on any atom is 0.227 e. The van der Waals surface area contributed by atoms with Gasteiger partial charge in [-0.1, -0.05) is 35.9 Å². The number of carbonyl (C=O) groups is 1. The van der Waals surface area contributed by atoms with Crippen molar-refractivity contribution in [3.05, 3.63) is 64.2 Å². The van der Waals surface area contributed by atoms with Crippen LogP contribution in [0, 0.1) is 19.8 Å². The van der Waals surface area contributed by atoms with Gasteiger partial charge < -0.3 is 5.32 Å². The van der Waals surface area contributed by atoms with Gasteiger partial charge in [-0.25, -0.2) is 0 Å². The molecule has 0 unspecified atom stereocenters. The van der Waals surface area contributed by atoms with Crippen LogP contribution in [0.2, 0.25) is 5.02 Å². The van der Waals surface area contributed by atoms with Gasteiger partial charge in [0.1, 0.15) is 0 Å². The predicted octanol–water partition coefficient (Wildman–Crippen LogP) is 4.81. The van der Waals surface area contributed by atoms with Gasteiger partial charge in [-0.3, -0.25) is 9.69 Å². The number of nitrogens with zero attached hydrogens (tertiary/aromatic N) is 1. The van der Waals surface area contributed by atoms with E-state index in [1.807, 2.05) is 30.3 Å². The molecule has 1 fully saturated rings. The van der Waals surface area contributed by atoms with Crippen molar-refractivity contribution in [1.82, 2.24) is 4.90 Å². The van der Waals surface area contributed by atoms with E-state index in [0.29, 0.717) is 0 Å². The summed E-state index contributed by atoms with van der Waals surface area (Å²) in [4.78, 5) is 14.9. The Morgan fingerprint density at radius 3 is 2.52 bits per heavy atom. The number of carbonyl (C=O) groups excluding carboxylic acids is 1. The number of benzene rings is 2. The van der Waals surface area contributed by atoms with E-state index in [2.05, 4.69) is 36.2 Å². The molecule has 0 spiro atoms. The van der Waals surface area contributed by atoms with Gasteiger partial charge in [-0.2, -0.15) is 0 Å². The van der Waals surface area contributed by atoms with Crippen LogP contribution in [-0.4, -0.2) is 23.9 Å². The van der Waals surface area contributed by atoms with Crippen molar-refractivity contribution >= 4 is 23.2 Å². The molecule has 1 saturated heterocycles. The minimum atomic E-state index is 0.0871. The first-order valence-corrected chi connectivity index (χ1v) is 9.24. The van der Waals surface area contributed by atoms with Crippen molar-refractivity contribution in [1.29, 1.82) is 0 Å². The van der Waals surface area contributed by atoms with Crippen molar-refractivity contribution in [2.24, 2.45) is 5.92 Å². The lowest BCUT2D eigenvalue weighted by molar-refractivity contribution is -0.121. The number of halogens is 1. The van der Waals surface area contributed by atoms with Gasteiger partial charge in [0.2, 0.25) is 5.91 Å². The monoisotopic (exact) mass is 356 g/mol. The van der Waals surface area contributed by atoms with Crippen molar-refractivity contribution in [3.63, 3.8) is 0 Å². The highest BCUT2D eigenvalue weighted by Crippen LogP contribution is 2.24. The molecule has 3 rings (SSSR count). The Labute approximate surface area is 155 Å². The van der Waals surface area contributed by atoms with Gasteiger partial charge >= 0.3 is 0 Å². The molecule has 2 aromatic rings. The van der Waals surface area contributed by atoms with Gasteiger partial charge in [0.05, 0.1) is 0 Å². The highest BCUT2D eigenvalue weighted by atomic mass is 35.5. The minimum Gasteiger partial charge on any atom is -0.326 e. The molecule has 0 aliphatic carbocycles. The molecule has 3 nitrogen and oxygen atoms in total. The van der Waals surface area contributed by atoms with E-state index in [0.717, 1.165) is 48.7 Å². The van der Waals surface area contributed by atoms with Crippen LogP contribution < -0.4 is 5.32 Å². The van der Waals surface area contributed by atoms with Crippen molar-refractivity contribution in [2.45, 2.75) is 33.2 Å². The summed E-state index contributed by atoms with van der Waals surface area (Å²) in [6, 6.07) is 14.0. The molecule has 0 atom stereocenters. The number of hydrogen-bond donors (Lipinski definition) is 1. The maximum absolute atomic E-state index is 12.5. The lowest BCUT2D eigenvalue weighted by Crippen LogP contribution is -2.37. The molecule has 1 N–H and O–H groups in total. The summed E-state index contributed by atoms with van der Waals surface area (Å²) in [7, 11) is 0. The van der Waals surface area contributed by atoms with Gasteiger partial charge in [0, 0.05) is 23.2 Å². The number of nitrogens with one attached hydrogen (secondary N) is 1. The second kappa shape index (κ2) is 8.03. The third kappa shape index (κ3) is 4.62. The largest absolute Gasteiger partial charge is 0.326 e. The molecule has 0 aromatic heterocycles. The molecule has 0 saturated carbocycles. The molecule has 0 bridgehead atoms. The van der Waals surface area contributed by atoms with E-state index in [4.69, 9.17) is 11.6 Å². The van der Waals surface area contributed by atoms with Crippen LogP contribution >= 0.6 is 11.6 Å². The zero-order chi connectivity index (χ0) is 17.8. The summed E-state index contributed by atoms with van der Waals surface area (Å²) in [5.74, 6) is 0.227. The van der Waals surface area contributed by atoms with Crippen LogP contribution in [-0.2, 0) is 11.3 Å². The maximum atomic E-state index is 12.5. The predicted molar refractivity (Wildman–Crippen MR) is 104 cm³/mol. The lowest BCUT2D eigenvalue weighted by Gasteiger charge is -2.31. The molecular weight excluding hydrogens is 332 g/mol. The van der Waals surface area contributed by atoms with E-state index in [9.17, 15) is 4.79 Å². The topological polar surface area (TPSA) is 32.3 Å². The lowest BCUT2D eigenvalue weighted by atomic mass is 9.95. The fraction of sp³-hybridized carbons (Fsp3) is 0.381. The SMILES string of the molecule is Cc1ccc(NC(=O)C2CCN(Cc3ccccc3Cl)CC2)cc1C. The number of amides is 1. The van der Waals surface area contributed by atoms with Gasteiger partial charge in [0.15, 0.2) is 0 Å². The summed E-state index contributed by atoms with van der Waals surface area (Å²) in [5, 5.41) is 3.89. The fourth-order valence-corrected chi connectivity index (χ4v) is 3.48. The molecule has 4 heteroatoms. The molecule has 1 heterocycles. The number of likely N-dealkylation sites (tertiary alicyclic amines) is 1. The summed E-state index contributed by atoms with van der Waals surface area (Å²) < 4.78 is 0. The molecular formula is C21H25ClN2O. The zero-order valence-corrected chi connectivity index (χ0v) is 15.6. The third-order valence-corrected chi connectivity index (χ3v) is 5.45. The molecule has 2 aromatic carbocycles. The van der Waals surface area contributed by atoms with Crippen LogP contribution in [0.25, 0.3) is 0 Å². The van der Waals surface area contributed by atoms with Crippen molar-refractivity contribution in [3.8, 4) is 0 Å². The van der Waals surface area contributed by atoms with E-state index in [1.54, 1.807) is 0 Å². The number of anilines is 1. The van der Waals surface area contributed by atoms with Crippen LogP contribution in [0.15, 0.2) is 42.5 Å². The van der Waals surface area contributed by atoms with E-state index in [1.165, 1.54) is 11.1 Å². The molecule has 1 amide bonds. The normalized spacial score (nSPS) is 16.0. The van der Waals surface area contributed by atoms with Gasteiger partial charge in [0.25, 0.3) is 0 Å². The third-order valence-electron chi connectivity index (χ3n) is 5.08. The number of aryl methyl sites for hydroxylation is 2. The van der Waals surface area contributed by atoms with Crippen LogP contribution in [0.5, 0.6) is 0 Å². The highest BCUT2D eigenvalue weighted by Gasteiger charge is 2.25. The minimum absolute atomic E-state index is 0.0871. The van der Waals surface area contributed by atoms with E-state index in [-0.39, 0.29) is 11.8 Å². The Morgan fingerprint density at radius 1 is 1.12 bits per heavy atom. The summed E-state index contributed by atoms with van der Waals surface area (Å²) >= 11 is 6.25. The summed E-state index contributed by atoms with van der Waals surface area (Å²) in [6.45, 7) is 6.85. The summed E-state index contributed by atoms with van der Waals surface area (Å²) in [5.41, 5.74) is 4.49. The Kier molecular flexibility index (Phi) is 5.77. The molecule has 132 valence electrons. The second-order valence-corrected chi connectivity index (χ2v) is 7.34. The number of rotatable bonds is 4. The number of hydrogen-bond acceptors (Lipinski definition) is 2. The molecule has 1 aliphatic rings. The molecule has 25 heavy (non-hydrogen) atoms. The Morgan fingerprint density at radius 2 is 1.84 bits per heavy atom. The quantitative estimate of drug-likeness (QED) is 0.852. The Balaban J connectivity index is 1.52. The van der Waals surface area contributed by atoms with Gasteiger partial charge in [-0.05, 0) is 74.7 Å². The van der Waals surface area contributed by atoms with E-state index >= 15 is 0 Å². The van der Waals surface area contributed by atoms with Crippen LogP contribution in [0.1, 0.15) is 29.5 Å². The average molecular weight is 357 g/mol. The molecule has 1 aliphatic heterocycles. The Hall–Kier alpha value is -1.84. The first-order valence-electron chi connectivity index (χ1n) is 8.87. The van der Waals surface area contributed by atoms with Crippen molar-refractivity contribution < 1.29 is 4.79 Å². The highest BCUT2D eigenvalue weighted by molar-refractivity contribution is 6.31. The summed E-state index contributed by atoms with van der Waals surface area (Å²) in [6.07, 6.45) is 1.78. The first kappa shape index (κ1) is 18.0. The fourth-order valence-electron chi connectivity index (χ4n) is 3.28. The second-order valence-electron chi connectivity index (χ2n) is 6.93. The van der Waals surface area contributed by atoms with E-state index < -0.39 is 0 Å². The number of piperidine rings is 1. The van der Waals surface area contributed by atoms with Gasteiger partial charge in [-0.15, -0.1) is 0 Å². The van der Waals surface area contributed by atoms with Crippen LogP contribution in [0.3, 0.4) is 0 Å². The first-order chi connectivity index (χ1) is 12.0. The van der Waals surface area contributed by atoms with Crippen LogP contribution in [0.4, 0.5) is 5.69 Å². The zero-order valence-electron chi connectivity index (χ0n) is 14.9. The standard InChI is InChI=1S/C21H25ClN2O/c1-15-7-8-19(13-16(15)2)23-21(25)17-9-11-24(12-10-17)14-18-5-3-4-6-20(18)22/h3-8,13,17H,9-12,14H2,1-2H3,(H,23,25).